The van der Waals surface area contributed by atoms with Crippen LogP contribution in [0, 0.1) is 5.92 Å². The topological polar surface area (TPSA) is 99.4 Å². The molecule has 1 aliphatic rings. The van der Waals surface area contributed by atoms with Gasteiger partial charge in [-0.1, -0.05) is 12.1 Å². The summed E-state index contributed by atoms with van der Waals surface area (Å²) in [4.78, 5) is 44.4. The molecule has 9 nitrogen and oxygen atoms in total. The normalized spacial score (nSPS) is 14.3. The number of hydrogen-bond donors (Lipinski definition) is 0. The van der Waals surface area contributed by atoms with Gasteiger partial charge in [-0.15, -0.1) is 11.3 Å². The van der Waals surface area contributed by atoms with Crippen molar-refractivity contribution < 1.29 is 28.6 Å². The minimum atomic E-state index is -0.380. The van der Waals surface area contributed by atoms with Crippen LogP contribution in [0.5, 0.6) is 11.5 Å². The first-order valence-corrected chi connectivity index (χ1v) is 13.3. The zero-order chi connectivity index (χ0) is 27.1. The summed E-state index contributed by atoms with van der Waals surface area (Å²) in [6.45, 7) is 3.74. The second-order valence-corrected chi connectivity index (χ2v) is 9.69. The SMILES string of the molecule is CCOC(=O)C1CCN(C(=O)c2ccc(Cn3ccsc3=NC(=O)c3ccc(OC)c(OC)c3)cc2)CC1. The van der Waals surface area contributed by atoms with Crippen LogP contribution in [0.15, 0.2) is 59.0 Å². The first kappa shape index (κ1) is 27.1. The number of esters is 1. The summed E-state index contributed by atoms with van der Waals surface area (Å²) in [7, 11) is 3.06. The molecule has 1 aromatic heterocycles. The van der Waals surface area contributed by atoms with E-state index < -0.39 is 0 Å². The number of rotatable bonds is 8. The number of carbonyl (C=O) groups excluding carboxylic acids is 3. The highest BCUT2D eigenvalue weighted by Gasteiger charge is 2.28. The van der Waals surface area contributed by atoms with E-state index in [0.29, 0.717) is 66.5 Å². The van der Waals surface area contributed by atoms with Crippen LogP contribution in [0.3, 0.4) is 0 Å². The monoisotopic (exact) mass is 537 g/mol. The Bertz CT molecular complexity index is 1350. The Labute approximate surface area is 225 Å². The van der Waals surface area contributed by atoms with Crippen molar-refractivity contribution in [3.63, 3.8) is 0 Å². The number of amides is 2. The third-order valence-electron chi connectivity index (χ3n) is 6.44. The van der Waals surface area contributed by atoms with Crippen LogP contribution in [0.4, 0.5) is 0 Å². The van der Waals surface area contributed by atoms with Crippen molar-refractivity contribution in [3.8, 4) is 11.5 Å². The molecule has 1 aliphatic heterocycles. The summed E-state index contributed by atoms with van der Waals surface area (Å²) in [5.74, 6) is 0.269. The summed E-state index contributed by atoms with van der Waals surface area (Å²) < 4.78 is 17.5. The van der Waals surface area contributed by atoms with E-state index >= 15 is 0 Å². The molecule has 0 bridgehead atoms. The number of likely N-dealkylation sites (tertiary alicyclic amines) is 1. The molecule has 0 N–H and O–H groups in total. The number of nitrogens with zero attached hydrogens (tertiary/aromatic N) is 3. The average Bonchev–Trinajstić information content (AvgIpc) is 3.38. The first-order chi connectivity index (χ1) is 18.4. The quantitative estimate of drug-likeness (QED) is 0.406. The Hall–Kier alpha value is -3.92. The maximum Gasteiger partial charge on any atom is 0.309 e. The van der Waals surface area contributed by atoms with Crippen molar-refractivity contribution in [1.82, 2.24) is 9.47 Å². The molecule has 0 spiro atoms. The van der Waals surface area contributed by atoms with E-state index in [2.05, 4.69) is 4.99 Å². The van der Waals surface area contributed by atoms with Crippen molar-refractivity contribution in [3.05, 3.63) is 75.5 Å². The van der Waals surface area contributed by atoms with Gasteiger partial charge in [0.1, 0.15) is 0 Å². The predicted molar refractivity (Wildman–Crippen MR) is 143 cm³/mol. The second-order valence-electron chi connectivity index (χ2n) is 8.82. The summed E-state index contributed by atoms with van der Waals surface area (Å²) in [6.07, 6.45) is 3.11. The molecule has 38 heavy (non-hydrogen) atoms. The van der Waals surface area contributed by atoms with Gasteiger partial charge in [0.2, 0.25) is 0 Å². The van der Waals surface area contributed by atoms with Gasteiger partial charge in [-0.2, -0.15) is 4.99 Å². The second kappa shape index (κ2) is 12.6. The lowest BCUT2D eigenvalue weighted by atomic mass is 9.96. The molecule has 200 valence electrons. The largest absolute Gasteiger partial charge is 0.493 e. The number of methoxy groups -OCH3 is 2. The highest BCUT2D eigenvalue weighted by atomic mass is 32.1. The highest BCUT2D eigenvalue weighted by Crippen LogP contribution is 2.27. The summed E-state index contributed by atoms with van der Waals surface area (Å²) in [5, 5.41) is 1.87. The predicted octanol–water partition coefficient (Wildman–Crippen LogP) is 3.77. The average molecular weight is 538 g/mol. The first-order valence-electron chi connectivity index (χ1n) is 12.4. The van der Waals surface area contributed by atoms with E-state index in [1.165, 1.54) is 25.6 Å². The van der Waals surface area contributed by atoms with Gasteiger partial charge in [0.15, 0.2) is 16.3 Å². The lowest BCUT2D eigenvalue weighted by molar-refractivity contribution is -0.149. The van der Waals surface area contributed by atoms with Gasteiger partial charge in [0.05, 0.1) is 26.7 Å². The number of aromatic nitrogens is 1. The van der Waals surface area contributed by atoms with Gasteiger partial charge in [-0.3, -0.25) is 14.4 Å². The number of ether oxygens (including phenoxy) is 3. The molecule has 0 aliphatic carbocycles. The number of hydrogen-bond acceptors (Lipinski definition) is 7. The van der Waals surface area contributed by atoms with Crippen LogP contribution in [-0.4, -0.2) is 61.2 Å². The number of thiazole rings is 1. The van der Waals surface area contributed by atoms with Crippen LogP contribution in [0.25, 0.3) is 0 Å². The fraction of sp³-hybridized carbons (Fsp3) is 0.357. The number of benzene rings is 2. The van der Waals surface area contributed by atoms with E-state index in [-0.39, 0.29) is 23.7 Å². The lowest BCUT2D eigenvalue weighted by Crippen LogP contribution is -2.40. The molecule has 2 heterocycles. The van der Waals surface area contributed by atoms with Crippen LogP contribution in [-0.2, 0) is 16.1 Å². The van der Waals surface area contributed by atoms with E-state index in [9.17, 15) is 14.4 Å². The van der Waals surface area contributed by atoms with Crippen molar-refractivity contribution >= 4 is 29.1 Å². The molecule has 2 aromatic carbocycles. The van der Waals surface area contributed by atoms with Gasteiger partial charge in [0, 0.05) is 42.3 Å². The van der Waals surface area contributed by atoms with Crippen molar-refractivity contribution in [2.24, 2.45) is 10.9 Å². The Morgan fingerprint density at radius 1 is 0.974 bits per heavy atom. The van der Waals surface area contributed by atoms with Crippen molar-refractivity contribution in [2.75, 3.05) is 33.9 Å². The van der Waals surface area contributed by atoms with Gasteiger partial charge >= 0.3 is 5.97 Å². The molecule has 1 fully saturated rings. The molecular weight excluding hydrogens is 506 g/mol. The molecule has 0 unspecified atom stereocenters. The van der Waals surface area contributed by atoms with Crippen LogP contribution >= 0.6 is 11.3 Å². The zero-order valence-electron chi connectivity index (χ0n) is 21.7. The third-order valence-corrected chi connectivity index (χ3v) is 7.24. The third kappa shape index (κ3) is 6.31. The fourth-order valence-electron chi connectivity index (χ4n) is 4.34. The van der Waals surface area contributed by atoms with Crippen LogP contribution in [0.1, 0.15) is 46.0 Å². The molecule has 1 saturated heterocycles. The molecule has 0 radical (unpaired) electrons. The number of piperidine rings is 1. The van der Waals surface area contributed by atoms with Gasteiger partial charge in [-0.05, 0) is 55.7 Å². The minimum absolute atomic E-state index is 0.0433. The van der Waals surface area contributed by atoms with Crippen LogP contribution < -0.4 is 14.3 Å². The van der Waals surface area contributed by atoms with Crippen molar-refractivity contribution in [1.29, 1.82) is 0 Å². The summed E-state index contributed by atoms with van der Waals surface area (Å²) in [5.41, 5.74) is 1.98. The molecular formula is C28H31N3O6S. The summed E-state index contributed by atoms with van der Waals surface area (Å²) >= 11 is 1.37. The van der Waals surface area contributed by atoms with Gasteiger partial charge < -0.3 is 23.7 Å². The molecule has 0 atom stereocenters. The smallest absolute Gasteiger partial charge is 0.309 e. The lowest BCUT2D eigenvalue weighted by Gasteiger charge is -2.31. The summed E-state index contributed by atoms with van der Waals surface area (Å²) in [6, 6.07) is 12.4. The molecule has 0 saturated carbocycles. The van der Waals surface area contributed by atoms with Crippen LogP contribution in [0.2, 0.25) is 0 Å². The molecule has 10 heteroatoms. The van der Waals surface area contributed by atoms with Gasteiger partial charge in [0.25, 0.3) is 11.8 Å². The molecule has 2 amide bonds. The molecule has 4 rings (SSSR count). The Kier molecular flexibility index (Phi) is 8.96. The maximum atomic E-state index is 13.0. The Morgan fingerprint density at radius 3 is 2.32 bits per heavy atom. The van der Waals surface area contributed by atoms with E-state index in [0.717, 1.165) is 5.56 Å². The highest BCUT2D eigenvalue weighted by molar-refractivity contribution is 7.07. The van der Waals surface area contributed by atoms with E-state index in [1.54, 1.807) is 30.0 Å². The standard InChI is InChI=1S/C28H31N3O6S/c1-4-37-27(34)21-11-13-30(14-12-21)26(33)20-7-5-19(6-8-20)18-31-15-16-38-28(31)29-25(32)22-9-10-23(35-2)24(17-22)36-3/h5-10,15-17,21H,4,11-14,18H2,1-3H3. The minimum Gasteiger partial charge on any atom is -0.493 e. The maximum absolute atomic E-state index is 13.0. The Morgan fingerprint density at radius 2 is 1.66 bits per heavy atom. The van der Waals surface area contributed by atoms with Gasteiger partial charge in [-0.25, -0.2) is 0 Å². The molecule has 3 aromatic rings. The van der Waals surface area contributed by atoms with E-state index in [1.807, 2.05) is 40.4 Å². The van der Waals surface area contributed by atoms with E-state index in [4.69, 9.17) is 14.2 Å². The zero-order valence-corrected chi connectivity index (χ0v) is 22.5. The Balaban J connectivity index is 1.41. The fourth-order valence-corrected chi connectivity index (χ4v) is 5.06. The van der Waals surface area contributed by atoms with Crippen molar-refractivity contribution in [2.45, 2.75) is 26.3 Å². The number of carbonyl (C=O) groups is 3.